The third-order valence-corrected chi connectivity index (χ3v) is 12.9. The van der Waals surface area contributed by atoms with Crippen LogP contribution in [0.25, 0.3) is 111 Å². The first kappa shape index (κ1) is 42.5. The molecule has 326 valence electrons. The Morgan fingerprint density at radius 3 is 1.39 bits per heavy atom. The number of nitrogens with zero attached hydrogens (tertiary/aromatic N) is 5. The fraction of sp³-hybridized carbons (Fsp3) is 0.0625. The maximum Gasteiger partial charge on any atom is 0.187 e. The molecule has 69 heavy (non-hydrogen) atoms. The van der Waals surface area contributed by atoms with E-state index in [1.54, 1.807) is 0 Å². The van der Waals surface area contributed by atoms with Crippen molar-refractivity contribution in [2.75, 3.05) is 0 Å². The van der Waals surface area contributed by atoms with Crippen LogP contribution in [0.3, 0.4) is 0 Å². The fourth-order valence-electron chi connectivity index (χ4n) is 9.94. The van der Waals surface area contributed by atoms with Crippen LogP contribution in [0.2, 0.25) is 0 Å². The highest BCUT2D eigenvalue weighted by atomic mass is 15.0. The van der Waals surface area contributed by atoms with Gasteiger partial charge in [-0.1, -0.05) is 162 Å². The highest BCUT2D eigenvalue weighted by molar-refractivity contribution is 6.13. The monoisotopic (exact) mass is 883 g/mol. The minimum absolute atomic E-state index is 0.531. The molecule has 0 atom stereocenters. The minimum Gasteiger partial charge on any atom is -0.308 e. The molecular weight excluding hydrogens is 839 g/mol. The van der Waals surface area contributed by atoms with E-state index in [9.17, 15) is 5.26 Å². The zero-order valence-electron chi connectivity index (χ0n) is 38.8. The number of aryl methyl sites for hydroxylation is 4. The number of benzene rings is 9. The van der Waals surface area contributed by atoms with Gasteiger partial charge in [0.05, 0.1) is 46.3 Å². The van der Waals surface area contributed by atoms with Crippen LogP contribution in [0, 0.1) is 45.6 Å². The molecule has 9 aromatic carbocycles. The Bertz CT molecular complexity index is 3620. The Morgan fingerprint density at radius 1 is 0.420 bits per heavy atom. The predicted octanol–water partition coefficient (Wildman–Crippen LogP) is 16.9. The molecule has 0 saturated heterocycles. The molecule has 0 unspecified atom stereocenters. The van der Waals surface area contributed by atoms with E-state index in [1.807, 2.05) is 72.8 Å². The molecule has 5 heteroatoms. The second-order valence-electron chi connectivity index (χ2n) is 18.0. The number of aromatic nitrogens is 3. The van der Waals surface area contributed by atoms with Crippen LogP contribution in [0.1, 0.15) is 27.8 Å². The molecule has 11 rings (SSSR count). The van der Waals surface area contributed by atoms with E-state index in [0.717, 1.165) is 89.0 Å². The van der Waals surface area contributed by atoms with Gasteiger partial charge in [0, 0.05) is 38.6 Å². The SMILES string of the molecule is [C-]#[N+]c1cccc(-c2cc(-c3nc(-c4ccccc4)cc(-c4ccccc4)n3)cc(-c3cccc(C#N)c3)c2-n2c3ccc(-c4cc(C)cc(C)c4)cc3c3cc(-c4cc(C)cc(C)c4)ccc32)c1. The van der Waals surface area contributed by atoms with Crippen molar-refractivity contribution in [1.29, 1.82) is 5.26 Å². The lowest BCUT2D eigenvalue weighted by atomic mass is 9.91. The standard InChI is InChI=1S/C64H45N5/c1-40-26-41(2)29-51(28-40)47-22-24-61-57(34-47)58-35-48(52-30-42(3)27-43(4)31-52)23-25-62(58)69(61)63-55(49-19-12-14-44(32-49)39-65)36-53(37-56(63)50-20-13-21-54(33-50)66-5)64-67-59(45-15-8-6-9-16-45)38-60(68-64)46-17-10-7-11-18-46/h6-38H,1-4H3. The van der Waals surface area contributed by atoms with Crippen molar-refractivity contribution in [3.05, 3.63) is 239 Å². The third kappa shape index (κ3) is 8.14. The summed E-state index contributed by atoms with van der Waals surface area (Å²) in [7, 11) is 0. The summed E-state index contributed by atoms with van der Waals surface area (Å²) in [6.07, 6.45) is 0. The predicted molar refractivity (Wildman–Crippen MR) is 284 cm³/mol. The van der Waals surface area contributed by atoms with Gasteiger partial charge >= 0.3 is 0 Å². The number of rotatable bonds is 8. The molecule has 0 bridgehead atoms. The molecule has 0 spiro atoms. The molecular formula is C64H45N5. The van der Waals surface area contributed by atoms with E-state index in [4.69, 9.17) is 16.5 Å². The highest BCUT2D eigenvalue weighted by Gasteiger charge is 2.24. The molecule has 2 heterocycles. The van der Waals surface area contributed by atoms with Crippen LogP contribution < -0.4 is 0 Å². The Hall–Kier alpha value is -9.16. The van der Waals surface area contributed by atoms with Crippen molar-refractivity contribution in [3.63, 3.8) is 0 Å². The largest absolute Gasteiger partial charge is 0.308 e. The second kappa shape index (κ2) is 17.6. The van der Waals surface area contributed by atoms with Gasteiger partial charge in [-0.25, -0.2) is 14.8 Å². The lowest BCUT2D eigenvalue weighted by molar-refractivity contribution is 1.17. The number of hydrogen-bond acceptors (Lipinski definition) is 3. The van der Waals surface area contributed by atoms with E-state index >= 15 is 0 Å². The van der Waals surface area contributed by atoms with E-state index in [1.165, 1.54) is 33.4 Å². The zero-order valence-corrected chi connectivity index (χ0v) is 38.8. The molecule has 0 N–H and O–H groups in total. The fourth-order valence-corrected chi connectivity index (χ4v) is 9.94. The normalized spacial score (nSPS) is 11.2. The second-order valence-corrected chi connectivity index (χ2v) is 18.0. The Kier molecular flexibility index (Phi) is 10.8. The van der Waals surface area contributed by atoms with Crippen LogP contribution in [0.15, 0.2) is 200 Å². The van der Waals surface area contributed by atoms with Gasteiger partial charge in [0.25, 0.3) is 0 Å². The molecule has 0 aliphatic rings. The molecule has 0 fully saturated rings. The smallest absolute Gasteiger partial charge is 0.187 e. The average Bonchev–Trinajstić information content (AvgIpc) is 3.70. The molecule has 0 aliphatic carbocycles. The summed E-state index contributed by atoms with van der Waals surface area (Å²) < 4.78 is 2.38. The quantitative estimate of drug-likeness (QED) is 0.143. The van der Waals surface area contributed by atoms with Gasteiger partial charge in [-0.05, 0) is 122 Å². The summed E-state index contributed by atoms with van der Waals surface area (Å²) in [4.78, 5) is 14.5. The number of hydrogen-bond donors (Lipinski definition) is 0. The van der Waals surface area contributed by atoms with Crippen LogP contribution in [-0.2, 0) is 0 Å². The summed E-state index contributed by atoms with van der Waals surface area (Å²) in [6, 6.07) is 72.0. The summed E-state index contributed by atoms with van der Waals surface area (Å²) >= 11 is 0. The minimum atomic E-state index is 0.531. The maximum absolute atomic E-state index is 10.4. The molecule has 0 aliphatic heterocycles. The lowest BCUT2D eigenvalue weighted by Crippen LogP contribution is -2.03. The highest BCUT2D eigenvalue weighted by Crippen LogP contribution is 2.46. The summed E-state index contributed by atoms with van der Waals surface area (Å²) in [5.74, 6) is 0.556. The molecule has 2 aromatic heterocycles. The van der Waals surface area contributed by atoms with Gasteiger partial charge < -0.3 is 4.57 Å². The number of nitriles is 1. The zero-order chi connectivity index (χ0) is 47.2. The van der Waals surface area contributed by atoms with Crippen molar-refractivity contribution in [2.24, 2.45) is 0 Å². The lowest BCUT2D eigenvalue weighted by Gasteiger charge is -2.21. The first-order valence-electron chi connectivity index (χ1n) is 23.1. The van der Waals surface area contributed by atoms with Crippen molar-refractivity contribution in [1.82, 2.24) is 14.5 Å². The van der Waals surface area contributed by atoms with Crippen LogP contribution in [-0.4, -0.2) is 14.5 Å². The summed E-state index contributed by atoms with van der Waals surface area (Å²) in [6.45, 7) is 16.7. The van der Waals surface area contributed by atoms with Gasteiger partial charge in [-0.15, -0.1) is 0 Å². The topological polar surface area (TPSA) is 58.9 Å². The van der Waals surface area contributed by atoms with Gasteiger partial charge in [0.2, 0.25) is 0 Å². The third-order valence-electron chi connectivity index (χ3n) is 12.9. The number of fused-ring (bicyclic) bond motifs is 3. The Morgan fingerprint density at radius 2 is 0.899 bits per heavy atom. The van der Waals surface area contributed by atoms with Crippen LogP contribution in [0.5, 0.6) is 0 Å². The molecule has 5 nitrogen and oxygen atoms in total. The molecule has 0 saturated carbocycles. The molecule has 0 radical (unpaired) electrons. The molecule has 11 aromatic rings. The maximum atomic E-state index is 10.4. The summed E-state index contributed by atoms with van der Waals surface area (Å²) in [5, 5.41) is 12.6. The summed E-state index contributed by atoms with van der Waals surface area (Å²) in [5.41, 5.74) is 21.4. The van der Waals surface area contributed by atoms with Crippen molar-refractivity contribution in [2.45, 2.75) is 27.7 Å². The first-order valence-corrected chi connectivity index (χ1v) is 23.1. The van der Waals surface area contributed by atoms with E-state index in [2.05, 4.69) is 171 Å². The average molecular weight is 884 g/mol. The Balaban J connectivity index is 1.27. The van der Waals surface area contributed by atoms with Gasteiger partial charge in [-0.2, -0.15) is 5.26 Å². The van der Waals surface area contributed by atoms with E-state index in [-0.39, 0.29) is 0 Å². The van der Waals surface area contributed by atoms with Gasteiger partial charge in [0.15, 0.2) is 11.5 Å². The Labute approximate surface area is 402 Å². The first-order chi connectivity index (χ1) is 33.7. The van der Waals surface area contributed by atoms with Crippen LogP contribution >= 0.6 is 0 Å². The van der Waals surface area contributed by atoms with Crippen LogP contribution in [0.4, 0.5) is 5.69 Å². The van der Waals surface area contributed by atoms with Crippen molar-refractivity contribution >= 4 is 27.5 Å². The van der Waals surface area contributed by atoms with Gasteiger partial charge in [-0.3, -0.25) is 0 Å². The van der Waals surface area contributed by atoms with E-state index in [0.29, 0.717) is 17.1 Å². The van der Waals surface area contributed by atoms with Gasteiger partial charge in [0.1, 0.15) is 0 Å². The molecule has 0 amide bonds. The van der Waals surface area contributed by atoms with E-state index < -0.39 is 0 Å². The van der Waals surface area contributed by atoms with Crippen molar-refractivity contribution in [3.8, 4) is 90.2 Å². The van der Waals surface area contributed by atoms with Crippen molar-refractivity contribution < 1.29 is 0 Å².